The van der Waals surface area contributed by atoms with Crippen molar-refractivity contribution in [3.05, 3.63) is 47.1 Å². The number of cyclic esters (lactones) is 1. The maximum Gasteiger partial charge on any atom is 0.414 e. The highest BCUT2D eigenvalue weighted by atomic mass is 32.1. The molecule has 3 heterocycles. The monoisotopic (exact) mass is 416 g/mol. The van der Waals surface area contributed by atoms with E-state index in [0.29, 0.717) is 23.5 Å². The Labute approximate surface area is 169 Å². The maximum absolute atomic E-state index is 14.8. The summed E-state index contributed by atoms with van der Waals surface area (Å²) in [6.07, 6.45) is 1.98. The van der Waals surface area contributed by atoms with Crippen molar-refractivity contribution in [3.8, 4) is 11.3 Å². The van der Waals surface area contributed by atoms with Gasteiger partial charge in [-0.15, -0.1) is 11.3 Å². The molecule has 1 fully saturated rings. The summed E-state index contributed by atoms with van der Waals surface area (Å²) in [6, 6.07) is 4.53. The SMILES string of the molecule is CC(=O)NC[C@H]1CN(c2ccc(-c3csc(Cn4cncn4)n3)c(F)c2)C(=O)O1. The Morgan fingerprint density at radius 3 is 3.03 bits per heavy atom. The zero-order valence-corrected chi connectivity index (χ0v) is 16.2. The fourth-order valence-corrected chi connectivity index (χ4v) is 3.72. The quantitative estimate of drug-likeness (QED) is 0.660. The molecule has 1 aliphatic rings. The molecule has 3 aromatic rings. The maximum atomic E-state index is 14.8. The highest BCUT2D eigenvalue weighted by molar-refractivity contribution is 7.09. The number of halogens is 1. The molecule has 0 aliphatic carbocycles. The van der Waals surface area contributed by atoms with E-state index in [9.17, 15) is 14.0 Å². The first-order chi connectivity index (χ1) is 14.0. The molecule has 2 aromatic heterocycles. The fraction of sp³-hybridized carbons (Fsp3) is 0.278. The Kier molecular flexibility index (Phi) is 5.21. The van der Waals surface area contributed by atoms with Gasteiger partial charge in [0.25, 0.3) is 0 Å². The molecule has 1 aliphatic heterocycles. The number of aromatic nitrogens is 4. The van der Waals surface area contributed by atoms with Crippen LogP contribution in [0.15, 0.2) is 36.2 Å². The van der Waals surface area contributed by atoms with Crippen molar-refractivity contribution >= 4 is 29.0 Å². The second kappa shape index (κ2) is 7.95. The summed E-state index contributed by atoms with van der Waals surface area (Å²) in [5.41, 5.74) is 1.25. The number of carbonyl (C=O) groups excluding carboxylic acids is 2. The average molecular weight is 416 g/mol. The van der Waals surface area contributed by atoms with E-state index in [1.807, 2.05) is 0 Å². The van der Waals surface area contributed by atoms with Gasteiger partial charge >= 0.3 is 6.09 Å². The highest BCUT2D eigenvalue weighted by Gasteiger charge is 2.32. The Hall–Kier alpha value is -3.34. The molecule has 4 rings (SSSR count). The standard InChI is InChI=1S/C18H17FN6O3S/c1-11(26)21-5-13-6-25(18(27)28-13)12-2-3-14(15(19)4-12)16-8-29-17(23-16)7-24-10-20-9-22-24/h2-4,8-10,13H,5-7H2,1H3,(H,21,26)/t13-/m0/s1. The molecule has 0 spiro atoms. The Morgan fingerprint density at radius 2 is 2.31 bits per heavy atom. The molecular weight excluding hydrogens is 399 g/mol. The molecule has 150 valence electrons. The summed E-state index contributed by atoms with van der Waals surface area (Å²) in [7, 11) is 0. The van der Waals surface area contributed by atoms with Crippen molar-refractivity contribution < 1.29 is 18.7 Å². The lowest BCUT2D eigenvalue weighted by Gasteiger charge is -2.14. The highest BCUT2D eigenvalue weighted by Crippen LogP contribution is 2.30. The predicted octanol–water partition coefficient (Wildman–Crippen LogP) is 2.05. The lowest BCUT2D eigenvalue weighted by Crippen LogP contribution is -2.33. The first kappa shape index (κ1) is 19.0. The first-order valence-electron chi connectivity index (χ1n) is 8.79. The third-order valence-corrected chi connectivity index (χ3v) is 5.14. The Morgan fingerprint density at radius 1 is 1.45 bits per heavy atom. The molecule has 9 nitrogen and oxygen atoms in total. The average Bonchev–Trinajstić information content (AvgIpc) is 3.42. The van der Waals surface area contributed by atoms with Gasteiger partial charge in [0.2, 0.25) is 5.91 Å². The fourth-order valence-electron chi connectivity index (χ4n) is 2.94. The van der Waals surface area contributed by atoms with Crippen molar-refractivity contribution in [2.45, 2.75) is 19.6 Å². The molecule has 0 unspecified atom stereocenters. The summed E-state index contributed by atoms with van der Waals surface area (Å²) in [5, 5.41) is 9.19. The molecule has 1 N–H and O–H groups in total. The van der Waals surface area contributed by atoms with Gasteiger partial charge in [-0.05, 0) is 18.2 Å². The second-order valence-corrected chi connectivity index (χ2v) is 7.38. The van der Waals surface area contributed by atoms with Crippen molar-refractivity contribution in [2.75, 3.05) is 18.0 Å². The smallest absolute Gasteiger partial charge is 0.414 e. The third kappa shape index (κ3) is 4.24. The molecule has 11 heteroatoms. The van der Waals surface area contributed by atoms with Gasteiger partial charge in [-0.1, -0.05) is 0 Å². The van der Waals surface area contributed by atoms with Crippen LogP contribution in [0.3, 0.4) is 0 Å². The number of rotatable bonds is 6. The molecule has 1 atom stereocenters. The summed E-state index contributed by atoms with van der Waals surface area (Å²) in [5.74, 6) is -0.695. The molecule has 1 aromatic carbocycles. The van der Waals surface area contributed by atoms with Crippen LogP contribution < -0.4 is 10.2 Å². The zero-order valence-electron chi connectivity index (χ0n) is 15.4. The normalized spacial score (nSPS) is 16.1. The van der Waals surface area contributed by atoms with Crippen molar-refractivity contribution in [1.29, 1.82) is 0 Å². The van der Waals surface area contributed by atoms with Crippen LogP contribution in [-0.4, -0.2) is 50.9 Å². The minimum absolute atomic E-state index is 0.207. The van der Waals surface area contributed by atoms with Gasteiger partial charge in [-0.3, -0.25) is 9.69 Å². The number of thiazole rings is 1. The first-order valence-corrected chi connectivity index (χ1v) is 9.67. The van der Waals surface area contributed by atoms with Crippen molar-refractivity contribution in [3.63, 3.8) is 0 Å². The van der Waals surface area contributed by atoms with E-state index in [-0.39, 0.29) is 19.0 Å². The molecule has 0 bridgehead atoms. The van der Waals surface area contributed by atoms with Gasteiger partial charge < -0.3 is 10.1 Å². The number of anilines is 1. The van der Waals surface area contributed by atoms with Crippen LogP contribution in [0, 0.1) is 5.82 Å². The van der Waals surface area contributed by atoms with Crippen molar-refractivity contribution in [2.24, 2.45) is 0 Å². The third-order valence-electron chi connectivity index (χ3n) is 4.31. The lowest BCUT2D eigenvalue weighted by molar-refractivity contribution is -0.119. The van der Waals surface area contributed by atoms with E-state index in [4.69, 9.17) is 4.74 Å². The van der Waals surface area contributed by atoms with Crippen molar-refractivity contribution in [1.82, 2.24) is 25.1 Å². The van der Waals surface area contributed by atoms with Crippen LogP contribution in [0.25, 0.3) is 11.3 Å². The van der Waals surface area contributed by atoms with Gasteiger partial charge in [0.05, 0.1) is 31.0 Å². The Balaban J connectivity index is 1.48. The molecule has 0 saturated carbocycles. The number of hydrogen-bond donors (Lipinski definition) is 1. The predicted molar refractivity (Wildman–Crippen MR) is 103 cm³/mol. The zero-order chi connectivity index (χ0) is 20.4. The summed E-state index contributed by atoms with van der Waals surface area (Å²) >= 11 is 1.40. The van der Waals surface area contributed by atoms with Gasteiger partial charge in [0, 0.05) is 17.9 Å². The topological polar surface area (TPSA) is 102 Å². The van der Waals surface area contributed by atoms with E-state index < -0.39 is 18.0 Å². The van der Waals surface area contributed by atoms with Gasteiger partial charge in [0.1, 0.15) is 29.6 Å². The number of ether oxygens (including phenoxy) is 1. The van der Waals surface area contributed by atoms with Crippen LogP contribution in [0.5, 0.6) is 0 Å². The van der Waals surface area contributed by atoms with E-state index in [1.165, 1.54) is 35.6 Å². The number of benzene rings is 1. The summed E-state index contributed by atoms with van der Waals surface area (Å²) < 4.78 is 21.6. The molecule has 0 radical (unpaired) electrons. The van der Waals surface area contributed by atoms with Gasteiger partial charge in [-0.2, -0.15) is 5.10 Å². The molecule has 2 amide bonds. The molecule has 1 saturated heterocycles. The minimum Gasteiger partial charge on any atom is -0.442 e. The summed E-state index contributed by atoms with van der Waals surface area (Å²) in [4.78, 5) is 32.8. The van der Waals surface area contributed by atoms with Crippen LogP contribution >= 0.6 is 11.3 Å². The largest absolute Gasteiger partial charge is 0.442 e. The van der Waals surface area contributed by atoms with E-state index in [2.05, 4.69) is 20.4 Å². The Bertz CT molecular complexity index is 1040. The number of nitrogens with one attached hydrogen (secondary N) is 1. The van der Waals surface area contributed by atoms with Crippen LogP contribution in [0.2, 0.25) is 0 Å². The lowest BCUT2D eigenvalue weighted by atomic mass is 10.1. The van der Waals surface area contributed by atoms with Gasteiger partial charge in [0.15, 0.2) is 0 Å². The number of carbonyl (C=O) groups is 2. The minimum atomic E-state index is -0.573. The number of amides is 2. The van der Waals surface area contributed by atoms with Crippen LogP contribution in [0.1, 0.15) is 11.9 Å². The van der Waals surface area contributed by atoms with E-state index >= 15 is 0 Å². The molecule has 29 heavy (non-hydrogen) atoms. The number of nitrogens with zero attached hydrogens (tertiary/aromatic N) is 5. The van der Waals surface area contributed by atoms with E-state index in [1.54, 1.807) is 28.5 Å². The summed E-state index contributed by atoms with van der Waals surface area (Å²) in [6.45, 7) is 2.29. The van der Waals surface area contributed by atoms with Gasteiger partial charge in [-0.25, -0.2) is 23.8 Å². The van der Waals surface area contributed by atoms with Crippen LogP contribution in [-0.2, 0) is 16.1 Å². The number of hydrogen-bond acceptors (Lipinski definition) is 7. The second-order valence-electron chi connectivity index (χ2n) is 6.44. The van der Waals surface area contributed by atoms with Crippen LogP contribution in [0.4, 0.5) is 14.9 Å². The molecular formula is C18H17FN6O3S. The van der Waals surface area contributed by atoms with E-state index in [0.717, 1.165) is 5.01 Å².